The lowest BCUT2D eigenvalue weighted by Gasteiger charge is -2.36. The topological polar surface area (TPSA) is 52.7 Å². The second-order valence-corrected chi connectivity index (χ2v) is 8.33. The van der Waals surface area contributed by atoms with Crippen LogP contribution in [0.15, 0.2) is 66.0 Å². The Kier molecular flexibility index (Phi) is 6.14. The number of nitrogens with one attached hydrogen (secondary N) is 1. The van der Waals surface area contributed by atoms with Gasteiger partial charge in [-0.05, 0) is 36.1 Å². The van der Waals surface area contributed by atoms with Crippen molar-refractivity contribution < 1.29 is 9.59 Å². The molecule has 1 N–H and O–H groups in total. The van der Waals surface area contributed by atoms with Gasteiger partial charge in [0.25, 0.3) is 5.91 Å². The Morgan fingerprint density at radius 2 is 1.63 bits per heavy atom. The number of para-hydroxylation sites is 1. The zero-order chi connectivity index (χ0) is 20.9. The predicted octanol–water partition coefficient (Wildman–Crippen LogP) is 3.80. The van der Waals surface area contributed by atoms with Crippen LogP contribution in [0.5, 0.6) is 0 Å². The van der Waals surface area contributed by atoms with E-state index >= 15 is 0 Å². The van der Waals surface area contributed by atoms with E-state index in [9.17, 15) is 9.59 Å². The molecule has 0 saturated carbocycles. The van der Waals surface area contributed by atoms with Gasteiger partial charge in [-0.2, -0.15) is 0 Å². The van der Waals surface area contributed by atoms with E-state index < -0.39 is 0 Å². The lowest BCUT2D eigenvalue weighted by Crippen LogP contribution is -2.51. The van der Waals surface area contributed by atoms with Crippen molar-refractivity contribution in [1.29, 1.82) is 0 Å². The number of nitrogens with zero attached hydrogens (tertiary/aromatic N) is 2. The van der Waals surface area contributed by atoms with Gasteiger partial charge in [-0.3, -0.25) is 9.59 Å². The van der Waals surface area contributed by atoms with Gasteiger partial charge in [0, 0.05) is 37.4 Å². The summed E-state index contributed by atoms with van der Waals surface area (Å²) in [5, 5.41) is 4.72. The number of piperazine rings is 1. The minimum absolute atomic E-state index is 0.0232. The molecule has 2 aromatic carbocycles. The Labute approximate surface area is 180 Å². The fourth-order valence-corrected chi connectivity index (χ4v) is 4.48. The Hall–Kier alpha value is -3.12. The summed E-state index contributed by atoms with van der Waals surface area (Å²) in [6.45, 7) is 4.98. The molecule has 0 aliphatic carbocycles. The van der Waals surface area contributed by atoms with Gasteiger partial charge in [-0.15, -0.1) is 11.3 Å². The van der Waals surface area contributed by atoms with Gasteiger partial charge in [0.1, 0.15) is 0 Å². The molecule has 0 radical (unpaired) electrons. The number of hydrogen-bond acceptors (Lipinski definition) is 4. The second-order valence-electron chi connectivity index (χ2n) is 7.42. The molecule has 1 aromatic heterocycles. The number of aryl methyl sites for hydroxylation is 1. The normalized spacial score (nSPS) is 13.9. The Morgan fingerprint density at radius 1 is 0.933 bits per heavy atom. The maximum absolute atomic E-state index is 12.7. The van der Waals surface area contributed by atoms with Crippen molar-refractivity contribution in [2.24, 2.45) is 0 Å². The van der Waals surface area contributed by atoms with Crippen LogP contribution in [0.25, 0.3) is 11.1 Å². The summed E-state index contributed by atoms with van der Waals surface area (Å²) in [5.74, 6) is -0.235. The molecular weight excluding hydrogens is 394 g/mol. The molecule has 1 saturated heterocycles. The third kappa shape index (κ3) is 4.54. The first-order valence-electron chi connectivity index (χ1n) is 10.1. The number of rotatable bonds is 5. The number of carbonyl (C=O) groups excluding carboxylic acids is 2. The molecule has 30 heavy (non-hydrogen) atoms. The van der Waals surface area contributed by atoms with E-state index in [2.05, 4.69) is 22.3 Å². The molecule has 0 atom stereocenters. The van der Waals surface area contributed by atoms with Gasteiger partial charge in [-0.25, -0.2) is 0 Å². The first-order valence-corrected chi connectivity index (χ1v) is 11.0. The van der Waals surface area contributed by atoms with Crippen LogP contribution in [0.3, 0.4) is 0 Å². The minimum atomic E-state index is -0.197. The average Bonchev–Trinajstić information content (AvgIpc) is 3.28. The van der Waals surface area contributed by atoms with E-state index in [-0.39, 0.29) is 18.4 Å². The fraction of sp³-hybridized carbons (Fsp3) is 0.250. The largest absolute Gasteiger partial charge is 0.368 e. The van der Waals surface area contributed by atoms with E-state index in [0.717, 1.165) is 24.2 Å². The van der Waals surface area contributed by atoms with Crippen LogP contribution in [0.4, 0.5) is 5.69 Å². The lowest BCUT2D eigenvalue weighted by molar-refractivity contribution is -0.130. The number of amides is 2. The van der Waals surface area contributed by atoms with Crippen LogP contribution in [0.1, 0.15) is 15.2 Å². The standard InChI is InChI=1S/C24H25N3O2S/c1-18-7-9-19(10-8-18)21-11-16-30-23(21)24(29)25-17-22(28)27-14-12-26(13-15-27)20-5-3-2-4-6-20/h2-11,16H,12-15,17H2,1H3,(H,25,29). The summed E-state index contributed by atoms with van der Waals surface area (Å²) in [6.07, 6.45) is 0. The van der Waals surface area contributed by atoms with Crippen molar-refractivity contribution in [3.05, 3.63) is 76.5 Å². The maximum atomic E-state index is 12.7. The van der Waals surface area contributed by atoms with Crippen molar-refractivity contribution >= 4 is 28.8 Å². The molecular formula is C24H25N3O2S. The lowest BCUT2D eigenvalue weighted by atomic mass is 10.0. The highest BCUT2D eigenvalue weighted by molar-refractivity contribution is 7.12. The maximum Gasteiger partial charge on any atom is 0.262 e. The first kappa shape index (κ1) is 20.2. The van der Waals surface area contributed by atoms with Gasteiger partial charge in [-0.1, -0.05) is 48.0 Å². The van der Waals surface area contributed by atoms with Gasteiger partial charge in [0.15, 0.2) is 0 Å². The number of hydrogen-bond donors (Lipinski definition) is 1. The van der Waals surface area contributed by atoms with Crippen molar-refractivity contribution in [1.82, 2.24) is 10.2 Å². The van der Waals surface area contributed by atoms with Crippen LogP contribution in [0, 0.1) is 6.92 Å². The van der Waals surface area contributed by atoms with Gasteiger partial charge in [0.05, 0.1) is 11.4 Å². The van der Waals surface area contributed by atoms with E-state index in [1.807, 2.05) is 65.7 Å². The Morgan fingerprint density at radius 3 is 2.33 bits per heavy atom. The number of anilines is 1. The molecule has 0 spiro atoms. The Balaban J connectivity index is 1.31. The molecule has 0 bridgehead atoms. The fourth-order valence-electron chi connectivity index (χ4n) is 3.65. The van der Waals surface area contributed by atoms with E-state index in [1.54, 1.807) is 0 Å². The van der Waals surface area contributed by atoms with E-state index in [1.165, 1.54) is 22.6 Å². The first-order chi connectivity index (χ1) is 14.6. The summed E-state index contributed by atoms with van der Waals surface area (Å²) >= 11 is 1.40. The third-order valence-corrected chi connectivity index (χ3v) is 6.30. The summed E-state index contributed by atoms with van der Waals surface area (Å²) in [6, 6.07) is 20.3. The van der Waals surface area contributed by atoms with Crippen LogP contribution < -0.4 is 10.2 Å². The molecule has 0 unspecified atom stereocenters. The number of thiophene rings is 1. The average molecular weight is 420 g/mol. The molecule has 3 aromatic rings. The molecule has 5 nitrogen and oxygen atoms in total. The monoisotopic (exact) mass is 419 g/mol. The molecule has 2 amide bonds. The molecule has 1 fully saturated rings. The molecule has 4 rings (SSSR count). The summed E-state index contributed by atoms with van der Waals surface area (Å²) in [5.41, 5.74) is 4.27. The summed E-state index contributed by atoms with van der Waals surface area (Å²) in [4.78, 5) is 30.1. The SMILES string of the molecule is Cc1ccc(-c2ccsc2C(=O)NCC(=O)N2CCN(c3ccccc3)CC2)cc1. The van der Waals surface area contributed by atoms with Crippen LogP contribution >= 0.6 is 11.3 Å². The van der Waals surface area contributed by atoms with Crippen LogP contribution in [0.2, 0.25) is 0 Å². The highest BCUT2D eigenvalue weighted by Gasteiger charge is 2.22. The van der Waals surface area contributed by atoms with Gasteiger partial charge in [0.2, 0.25) is 5.91 Å². The van der Waals surface area contributed by atoms with Crippen LogP contribution in [-0.2, 0) is 4.79 Å². The number of benzene rings is 2. The van der Waals surface area contributed by atoms with Crippen molar-refractivity contribution in [3.8, 4) is 11.1 Å². The van der Waals surface area contributed by atoms with Gasteiger partial charge < -0.3 is 15.1 Å². The van der Waals surface area contributed by atoms with Crippen molar-refractivity contribution in [2.45, 2.75) is 6.92 Å². The number of carbonyl (C=O) groups is 2. The predicted molar refractivity (Wildman–Crippen MR) is 122 cm³/mol. The van der Waals surface area contributed by atoms with E-state index in [4.69, 9.17) is 0 Å². The highest BCUT2D eigenvalue weighted by Crippen LogP contribution is 2.28. The zero-order valence-corrected chi connectivity index (χ0v) is 17.8. The van der Waals surface area contributed by atoms with Crippen molar-refractivity contribution in [2.75, 3.05) is 37.6 Å². The quantitative estimate of drug-likeness (QED) is 0.684. The summed E-state index contributed by atoms with van der Waals surface area (Å²) < 4.78 is 0. The Bertz CT molecular complexity index is 1010. The highest BCUT2D eigenvalue weighted by atomic mass is 32.1. The molecule has 154 valence electrons. The molecule has 2 heterocycles. The molecule has 6 heteroatoms. The molecule has 1 aliphatic rings. The summed E-state index contributed by atoms with van der Waals surface area (Å²) in [7, 11) is 0. The van der Waals surface area contributed by atoms with Crippen molar-refractivity contribution in [3.63, 3.8) is 0 Å². The van der Waals surface area contributed by atoms with Gasteiger partial charge >= 0.3 is 0 Å². The third-order valence-electron chi connectivity index (χ3n) is 5.39. The molecule has 1 aliphatic heterocycles. The second kappa shape index (κ2) is 9.13. The smallest absolute Gasteiger partial charge is 0.262 e. The van der Waals surface area contributed by atoms with E-state index in [0.29, 0.717) is 18.0 Å². The zero-order valence-electron chi connectivity index (χ0n) is 17.0. The minimum Gasteiger partial charge on any atom is -0.368 e. The van der Waals surface area contributed by atoms with Crippen LogP contribution in [-0.4, -0.2) is 49.4 Å².